The van der Waals surface area contributed by atoms with E-state index in [1.807, 2.05) is 0 Å². The molecule has 3 fully saturated rings. The molecule has 0 N–H and O–H groups in total. The third kappa shape index (κ3) is 6.16. The second-order valence-corrected chi connectivity index (χ2v) is 13.1. The molecule has 1 aliphatic heterocycles. The molecule has 0 atom stereocenters. The van der Waals surface area contributed by atoms with Gasteiger partial charge in [-0.3, -0.25) is 4.68 Å². The average Bonchev–Trinajstić information content (AvgIpc) is 3.48. The number of nitrogens with zero attached hydrogens (tertiary/aromatic N) is 4. The van der Waals surface area contributed by atoms with Crippen molar-refractivity contribution in [1.82, 2.24) is 14.7 Å². The van der Waals surface area contributed by atoms with Gasteiger partial charge in [0, 0.05) is 43.0 Å². The fraction of sp³-hybridized carbons (Fsp3) is 0.633. The zero-order valence-electron chi connectivity index (χ0n) is 23.7. The van der Waals surface area contributed by atoms with Gasteiger partial charge in [-0.1, -0.05) is 12.1 Å². The molecular weight excluding hydrogens is 480 g/mol. The number of amides is 2. The summed E-state index contributed by atoms with van der Waals surface area (Å²) in [5, 5.41) is 5.07. The molecule has 38 heavy (non-hydrogen) atoms. The average molecular weight is 523 g/mol. The largest absolute Gasteiger partial charge is 0.443 e. The van der Waals surface area contributed by atoms with E-state index in [1.54, 1.807) is 41.5 Å². The Hall–Kier alpha value is -3.03. The predicted octanol–water partition coefficient (Wildman–Crippen LogP) is 6.76. The Kier molecular flexibility index (Phi) is 6.95. The Labute approximate surface area is 226 Å². The van der Waals surface area contributed by atoms with Crippen molar-refractivity contribution >= 4 is 17.9 Å². The highest BCUT2D eigenvalue weighted by molar-refractivity contribution is 5.88. The van der Waals surface area contributed by atoms with Crippen LogP contribution < -0.4 is 4.90 Å². The molecule has 2 aromatic rings. The zero-order valence-corrected chi connectivity index (χ0v) is 23.7. The lowest BCUT2D eigenvalue weighted by Gasteiger charge is -2.38. The van der Waals surface area contributed by atoms with Crippen LogP contribution in [0.1, 0.15) is 91.3 Å². The number of hydrogen-bond donors (Lipinski definition) is 0. The molecule has 0 radical (unpaired) electrons. The van der Waals surface area contributed by atoms with Gasteiger partial charge in [0.25, 0.3) is 0 Å². The first-order valence-corrected chi connectivity index (χ1v) is 14.0. The molecule has 2 amide bonds. The Morgan fingerprint density at radius 1 is 1.00 bits per heavy atom. The number of rotatable bonds is 6. The maximum Gasteiger partial charge on any atom is 0.419 e. The van der Waals surface area contributed by atoms with Crippen LogP contribution in [-0.2, 0) is 9.47 Å². The molecule has 2 heterocycles. The van der Waals surface area contributed by atoms with Gasteiger partial charge >= 0.3 is 12.2 Å². The van der Waals surface area contributed by atoms with Crippen LogP contribution in [0.15, 0.2) is 30.5 Å². The number of ether oxygens (including phenoxy) is 2. The number of hydrogen-bond acceptors (Lipinski definition) is 6. The second kappa shape index (κ2) is 9.93. The van der Waals surface area contributed by atoms with E-state index in [2.05, 4.69) is 40.0 Å². The Morgan fingerprint density at radius 2 is 1.63 bits per heavy atom. The number of carbonyl (C=O) groups excluding carboxylic acids is 2. The summed E-state index contributed by atoms with van der Waals surface area (Å²) in [6.07, 6.45) is 6.25. The topological polar surface area (TPSA) is 76.9 Å². The third-order valence-electron chi connectivity index (χ3n) is 7.36. The van der Waals surface area contributed by atoms with Crippen molar-refractivity contribution < 1.29 is 19.1 Å². The van der Waals surface area contributed by atoms with Crippen LogP contribution >= 0.6 is 0 Å². The number of benzene rings is 1. The molecule has 8 heteroatoms. The number of carbonyl (C=O) groups is 2. The molecule has 0 spiro atoms. The van der Waals surface area contributed by atoms with E-state index in [0.29, 0.717) is 5.92 Å². The summed E-state index contributed by atoms with van der Waals surface area (Å²) in [4.78, 5) is 29.3. The van der Waals surface area contributed by atoms with E-state index < -0.39 is 23.4 Å². The molecule has 2 aliphatic carbocycles. The summed E-state index contributed by atoms with van der Waals surface area (Å²) in [6.45, 7) is 13.3. The highest BCUT2D eigenvalue weighted by Gasteiger charge is 2.39. The lowest BCUT2D eigenvalue weighted by Crippen LogP contribution is -2.47. The van der Waals surface area contributed by atoms with Crippen LogP contribution in [0.3, 0.4) is 0 Å². The van der Waals surface area contributed by atoms with Gasteiger partial charge < -0.3 is 14.4 Å². The monoisotopic (exact) mass is 522 g/mol. The van der Waals surface area contributed by atoms with Crippen LogP contribution in [-0.4, -0.2) is 57.7 Å². The normalized spacial score (nSPS) is 21.4. The minimum absolute atomic E-state index is 0.173. The SMILES string of the molecule is CC(C)(C)OC(=O)N(CC1CC(n2cc(-c3cccc(N4CCC4)c3)c(C3CC3)n2)C1)C(=O)OC(C)(C)C. The summed E-state index contributed by atoms with van der Waals surface area (Å²) in [7, 11) is 0. The van der Waals surface area contributed by atoms with Crippen molar-refractivity contribution in [2.75, 3.05) is 24.5 Å². The molecule has 1 aromatic carbocycles. The van der Waals surface area contributed by atoms with E-state index in [1.165, 1.54) is 41.8 Å². The van der Waals surface area contributed by atoms with Crippen LogP contribution in [0, 0.1) is 5.92 Å². The summed E-state index contributed by atoms with van der Waals surface area (Å²) < 4.78 is 13.2. The van der Waals surface area contributed by atoms with Gasteiger partial charge in [0.15, 0.2) is 0 Å². The van der Waals surface area contributed by atoms with Gasteiger partial charge in [-0.05, 0) is 97.3 Å². The lowest BCUT2D eigenvalue weighted by molar-refractivity contribution is -0.00641. The molecule has 206 valence electrons. The standard InChI is InChI=1S/C30H42N4O4/c1-29(2,3)37-27(35)33(28(36)38-30(4,5)6)18-20-15-24(16-20)34-19-25(26(31-34)21-11-12-21)22-9-7-10-23(17-22)32-13-8-14-32/h7,9-10,17,19-21,24H,8,11-16,18H2,1-6H3. The first-order chi connectivity index (χ1) is 17.9. The van der Waals surface area contributed by atoms with Crippen molar-refractivity contribution in [3.8, 4) is 11.1 Å². The van der Waals surface area contributed by atoms with Crippen molar-refractivity contribution in [2.24, 2.45) is 5.92 Å². The lowest BCUT2D eigenvalue weighted by atomic mass is 9.80. The van der Waals surface area contributed by atoms with Crippen molar-refractivity contribution in [1.29, 1.82) is 0 Å². The van der Waals surface area contributed by atoms with Gasteiger partial charge in [-0.25, -0.2) is 14.5 Å². The fourth-order valence-electron chi connectivity index (χ4n) is 5.10. The van der Waals surface area contributed by atoms with Crippen LogP contribution in [0.5, 0.6) is 0 Å². The molecule has 1 aromatic heterocycles. The van der Waals surface area contributed by atoms with E-state index in [4.69, 9.17) is 14.6 Å². The molecular formula is C30H42N4O4. The predicted molar refractivity (Wildman–Crippen MR) is 147 cm³/mol. The molecule has 2 saturated carbocycles. The molecule has 5 rings (SSSR count). The van der Waals surface area contributed by atoms with Gasteiger partial charge in [0.05, 0.1) is 11.7 Å². The van der Waals surface area contributed by atoms with Crippen molar-refractivity contribution in [3.63, 3.8) is 0 Å². The van der Waals surface area contributed by atoms with E-state index >= 15 is 0 Å². The molecule has 8 nitrogen and oxygen atoms in total. The van der Waals surface area contributed by atoms with Crippen LogP contribution in [0.25, 0.3) is 11.1 Å². The van der Waals surface area contributed by atoms with Crippen molar-refractivity contribution in [3.05, 3.63) is 36.2 Å². The van der Waals surface area contributed by atoms with E-state index in [0.717, 1.165) is 30.8 Å². The third-order valence-corrected chi connectivity index (χ3v) is 7.36. The molecule has 1 saturated heterocycles. The quantitative estimate of drug-likeness (QED) is 0.417. The molecule has 0 unspecified atom stereocenters. The van der Waals surface area contributed by atoms with Crippen LogP contribution in [0.4, 0.5) is 15.3 Å². The summed E-state index contributed by atoms with van der Waals surface area (Å²) >= 11 is 0. The fourth-order valence-corrected chi connectivity index (χ4v) is 5.10. The molecule has 3 aliphatic rings. The number of anilines is 1. The Morgan fingerprint density at radius 3 is 2.16 bits per heavy atom. The van der Waals surface area contributed by atoms with Gasteiger partial charge in [0.2, 0.25) is 0 Å². The van der Waals surface area contributed by atoms with Gasteiger partial charge in [-0.2, -0.15) is 5.10 Å². The van der Waals surface area contributed by atoms with E-state index in [9.17, 15) is 9.59 Å². The highest BCUT2D eigenvalue weighted by Crippen LogP contribution is 2.46. The first kappa shape index (κ1) is 26.6. The zero-order chi connectivity index (χ0) is 27.2. The minimum Gasteiger partial charge on any atom is -0.443 e. The smallest absolute Gasteiger partial charge is 0.419 e. The summed E-state index contributed by atoms with van der Waals surface area (Å²) in [5.74, 6) is 0.719. The number of aromatic nitrogens is 2. The summed E-state index contributed by atoms with van der Waals surface area (Å²) in [5.41, 5.74) is 3.57. The number of imide groups is 1. The maximum absolute atomic E-state index is 12.9. The second-order valence-electron chi connectivity index (χ2n) is 13.1. The summed E-state index contributed by atoms with van der Waals surface area (Å²) in [6, 6.07) is 9.10. The van der Waals surface area contributed by atoms with Crippen LogP contribution in [0.2, 0.25) is 0 Å². The van der Waals surface area contributed by atoms with Gasteiger partial charge in [0.1, 0.15) is 11.2 Å². The highest BCUT2D eigenvalue weighted by atomic mass is 16.6. The maximum atomic E-state index is 12.9. The molecule has 0 bridgehead atoms. The van der Waals surface area contributed by atoms with Crippen molar-refractivity contribution in [2.45, 2.75) is 96.8 Å². The Balaban J connectivity index is 1.28. The minimum atomic E-state index is -0.697. The first-order valence-electron chi connectivity index (χ1n) is 14.0. The Bertz CT molecular complexity index is 1150. The van der Waals surface area contributed by atoms with Gasteiger partial charge in [-0.15, -0.1) is 0 Å². The van der Waals surface area contributed by atoms with E-state index in [-0.39, 0.29) is 18.5 Å².